The summed E-state index contributed by atoms with van der Waals surface area (Å²) in [6.45, 7) is 1.41. The fourth-order valence-corrected chi connectivity index (χ4v) is 3.93. The highest BCUT2D eigenvalue weighted by atomic mass is 32.2. The lowest BCUT2D eigenvalue weighted by molar-refractivity contribution is -0.119. The molecule has 3 aromatic rings. The molecule has 0 atom stereocenters. The molecule has 156 valence electrons. The Morgan fingerprint density at radius 1 is 1.13 bits per heavy atom. The molecule has 0 spiro atoms. The molecule has 1 N–H and O–H groups in total. The van der Waals surface area contributed by atoms with Gasteiger partial charge in [-0.15, -0.1) is 0 Å². The van der Waals surface area contributed by atoms with E-state index in [1.54, 1.807) is 18.2 Å². The third-order valence-corrected chi connectivity index (χ3v) is 5.63. The van der Waals surface area contributed by atoms with Gasteiger partial charge in [-0.3, -0.25) is 9.10 Å². The first-order valence-electron chi connectivity index (χ1n) is 9.21. The van der Waals surface area contributed by atoms with Crippen LogP contribution in [0.4, 0.5) is 5.69 Å². The molecule has 0 heterocycles. The van der Waals surface area contributed by atoms with Gasteiger partial charge in [0.05, 0.1) is 25.3 Å². The highest BCUT2D eigenvalue weighted by Crippen LogP contribution is 2.30. The highest BCUT2D eigenvalue weighted by molar-refractivity contribution is 7.92. The third-order valence-electron chi connectivity index (χ3n) is 4.51. The Morgan fingerprint density at radius 2 is 1.87 bits per heavy atom. The second-order valence-electron chi connectivity index (χ2n) is 6.81. The molecular formula is C22H23N3O4S. The van der Waals surface area contributed by atoms with E-state index in [1.165, 1.54) is 13.3 Å². The van der Waals surface area contributed by atoms with Gasteiger partial charge < -0.3 is 4.74 Å². The van der Waals surface area contributed by atoms with E-state index in [0.29, 0.717) is 11.4 Å². The maximum Gasteiger partial charge on any atom is 0.260 e. The monoisotopic (exact) mass is 425 g/mol. The molecule has 7 nitrogen and oxygen atoms in total. The molecule has 0 aliphatic carbocycles. The van der Waals surface area contributed by atoms with Crippen molar-refractivity contribution in [2.24, 2.45) is 5.10 Å². The van der Waals surface area contributed by atoms with Gasteiger partial charge in [0.25, 0.3) is 5.91 Å². The minimum Gasteiger partial charge on any atom is -0.495 e. The summed E-state index contributed by atoms with van der Waals surface area (Å²) < 4.78 is 31.0. The number of fused-ring (bicyclic) bond motifs is 1. The number of methoxy groups -OCH3 is 1. The van der Waals surface area contributed by atoms with Crippen molar-refractivity contribution >= 4 is 38.6 Å². The van der Waals surface area contributed by atoms with E-state index in [0.717, 1.165) is 32.5 Å². The average Bonchev–Trinajstić information content (AvgIpc) is 2.71. The van der Waals surface area contributed by atoms with Crippen molar-refractivity contribution in [1.82, 2.24) is 5.43 Å². The fraction of sp³-hybridized carbons (Fsp3) is 0.182. The average molecular weight is 426 g/mol. The number of nitrogens with one attached hydrogen (secondary N) is 1. The number of carbonyl (C=O) groups excluding carboxylic acids is 1. The van der Waals surface area contributed by atoms with Crippen LogP contribution in [-0.4, -0.2) is 40.4 Å². The molecule has 8 heteroatoms. The number of hydrogen-bond donors (Lipinski definition) is 1. The molecule has 0 aliphatic heterocycles. The van der Waals surface area contributed by atoms with Gasteiger partial charge in [0.15, 0.2) is 0 Å². The molecule has 1 amide bonds. The van der Waals surface area contributed by atoms with E-state index in [9.17, 15) is 13.2 Å². The standard InChI is InChI=1S/C22H23N3O4S/c1-16-11-12-21(29-2)20(13-16)25(30(3,27)28)15-22(26)24-23-14-18-9-6-8-17-7-4-5-10-19(17)18/h4-14H,15H2,1-3H3,(H,24,26)/b23-14-. The van der Waals surface area contributed by atoms with Gasteiger partial charge in [-0.1, -0.05) is 48.5 Å². The van der Waals surface area contributed by atoms with Crippen LogP contribution >= 0.6 is 0 Å². The largest absolute Gasteiger partial charge is 0.495 e. The Kier molecular flexibility index (Phi) is 6.37. The molecular weight excluding hydrogens is 402 g/mol. The summed E-state index contributed by atoms with van der Waals surface area (Å²) in [7, 11) is -2.28. The zero-order valence-electron chi connectivity index (χ0n) is 17.0. The first kappa shape index (κ1) is 21.3. The van der Waals surface area contributed by atoms with E-state index in [-0.39, 0.29) is 0 Å². The van der Waals surface area contributed by atoms with E-state index < -0.39 is 22.5 Å². The van der Waals surface area contributed by atoms with Crippen LogP contribution in [-0.2, 0) is 14.8 Å². The number of ether oxygens (including phenoxy) is 1. The molecule has 0 saturated carbocycles. The first-order valence-corrected chi connectivity index (χ1v) is 11.1. The van der Waals surface area contributed by atoms with Crippen LogP contribution in [0.5, 0.6) is 5.75 Å². The van der Waals surface area contributed by atoms with Gasteiger partial charge >= 0.3 is 0 Å². The quantitative estimate of drug-likeness (QED) is 0.465. The number of hydrazone groups is 1. The lowest BCUT2D eigenvalue weighted by Crippen LogP contribution is -2.39. The van der Waals surface area contributed by atoms with Crippen LogP contribution in [0.3, 0.4) is 0 Å². The van der Waals surface area contributed by atoms with Gasteiger partial charge in [-0.2, -0.15) is 5.10 Å². The molecule has 3 aromatic carbocycles. The maximum atomic E-state index is 12.4. The van der Waals surface area contributed by atoms with Gasteiger partial charge in [-0.05, 0) is 35.4 Å². The van der Waals surface area contributed by atoms with Crippen molar-refractivity contribution in [3.8, 4) is 5.75 Å². The summed E-state index contributed by atoms with van der Waals surface area (Å²) in [6, 6.07) is 18.7. The first-order chi connectivity index (χ1) is 14.3. The number of hydrogen-bond acceptors (Lipinski definition) is 5. The van der Waals surface area contributed by atoms with Crippen molar-refractivity contribution in [2.45, 2.75) is 6.92 Å². The minimum atomic E-state index is -3.73. The Morgan fingerprint density at radius 3 is 2.60 bits per heavy atom. The zero-order chi connectivity index (χ0) is 21.7. The predicted molar refractivity (Wildman–Crippen MR) is 120 cm³/mol. The molecule has 3 rings (SSSR count). The molecule has 0 fully saturated rings. The molecule has 0 unspecified atom stereocenters. The summed E-state index contributed by atoms with van der Waals surface area (Å²) >= 11 is 0. The van der Waals surface area contributed by atoms with Gasteiger partial charge in [0, 0.05) is 5.56 Å². The number of anilines is 1. The topological polar surface area (TPSA) is 88.1 Å². The van der Waals surface area contributed by atoms with Crippen LogP contribution < -0.4 is 14.5 Å². The van der Waals surface area contributed by atoms with Gasteiger partial charge in [0.2, 0.25) is 10.0 Å². The second-order valence-corrected chi connectivity index (χ2v) is 8.71. The SMILES string of the molecule is COc1ccc(C)cc1N(CC(=O)N/N=C\c1cccc2ccccc12)S(C)(=O)=O. The number of carbonyl (C=O) groups is 1. The minimum absolute atomic E-state index is 0.299. The molecule has 30 heavy (non-hydrogen) atoms. The molecule has 0 aliphatic rings. The summed E-state index contributed by atoms with van der Waals surface area (Å²) in [6.07, 6.45) is 2.58. The normalized spacial score (nSPS) is 11.6. The van der Waals surface area contributed by atoms with E-state index in [1.807, 2.05) is 49.4 Å². The van der Waals surface area contributed by atoms with Crippen LogP contribution in [0.1, 0.15) is 11.1 Å². The number of aryl methyl sites for hydroxylation is 1. The highest BCUT2D eigenvalue weighted by Gasteiger charge is 2.24. The van der Waals surface area contributed by atoms with E-state index in [2.05, 4.69) is 10.5 Å². The van der Waals surface area contributed by atoms with Crippen molar-refractivity contribution in [1.29, 1.82) is 0 Å². The molecule has 0 radical (unpaired) electrons. The Balaban J connectivity index is 1.79. The van der Waals surface area contributed by atoms with Crippen LogP contribution in [0, 0.1) is 6.92 Å². The second kappa shape index (κ2) is 8.96. The third kappa shape index (κ3) is 4.96. The number of nitrogens with zero attached hydrogens (tertiary/aromatic N) is 2. The summed E-state index contributed by atoms with van der Waals surface area (Å²) in [5.41, 5.74) is 4.39. The lowest BCUT2D eigenvalue weighted by atomic mass is 10.1. The van der Waals surface area contributed by atoms with Crippen molar-refractivity contribution in [3.63, 3.8) is 0 Å². The zero-order valence-corrected chi connectivity index (χ0v) is 17.8. The Bertz CT molecular complexity index is 1200. The number of sulfonamides is 1. The fourth-order valence-electron chi connectivity index (χ4n) is 3.08. The summed E-state index contributed by atoms with van der Waals surface area (Å²) in [5.74, 6) is -0.210. The van der Waals surface area contributed by atoms with Gasteiger partial charge in [0.1, 0.15) is 12.3 Å². The van der Waals surface area contributed by atoms with Crippen LogP contribution in [0.2, 0.25) is 0 Å². The number of benzene rings is 3. The Hall–Kier alpha value is -3.39. The van der Waals surface area contributed by atoms with Crippen LogP contribution in [0.15, 0.2) is 65.8 Å². The predicted octanol–water partition coefficient (Wildman–Crippen LogP) is 3.07. The van der Waals surface area contributed by atoms with E-state index in [4.69, 9.17) is 4.74 Å². The van der Waals surface area contributed by atoms with Crippen molar-refractivity contribution in [2.75, 3.05) is 24.2 Å². The number of amides is 1. The summed E-state index contributed by atoms with van der Waals surface area (Å²) in [5, 5.41) is 6.06. The smallest absolute Gasteiger partial charge is 0.260 e. The van der Waals surface area contributed by atoms with Crippen molar-refractivity contribution in [3.05, 3.63) is 71.8 Å². The van der Waals surface area contributed by atoms with Crippen LogP contribution in [0.25, 0.3) is 10.8 Å². The summed E-state index contributed by atoms with van der Waals surface area (Å²) in [4.78, 5) is 12.4. The number of rotatable bonds is 7. The van der Waals surface area contributed by atoms with Crippen molar-refractivity contribution < 1.29 is 17.9 Å². The van der Waals surface area contributed by atoms with Gasteiger partial charge in [-0.25, -0.2) is 13.8 Å². The molecule has 0 bridgehead atoms. The molecule has 0 aromatic heterocycles. The lowest BCUT2D eigenvalue weighted by Gasteiger charge is -2.23. The molecule has 0 saturated heterocycles. The van der Waals surface area contributed by atoms with E-state index >= 15 is 0 Å². The Labute approximate surface area is 176 Å². The maximum absolute atomic E-state index is 12.4.